The molecule has 12 heteroatoms. The van der Waals surface area contributed by atoms with Gasteiger partial charge in [0.1, 0.15) is 29.5 Å². The van der Waals surface area contributed by atoms with Gasteiger partial charge in [0.25, 0.3) is 5.91 Å². The second-order valence-electron chi connectivity index (χ2n) is 13.6. The number of epoxide rings is 1. The van der Waals surface area contributed by atoms with E-state index in [1.54, 1.807) is 13.8 Å². The van der Waals surface area contributed by atoms with Gasteiger partial charge in [0.15, 0.2) is 11.5 Å². The lowest BCUT2D eigenvalue weighted by atomic mass is 9.93. The Labute approximate surface area is 270 Å². The third-order valence-electron chi connectivity index (χ3n) is 8.22. The van der Waals surface area contributed by atoms with E-state index in [-0.39, 0.29) is 35.7 Å². The lowest BCUT2D eigenvalue weighted by Crippen LogP contribution is -2.59. The molecule has 4 N–H and O–H groups in total. The van der Waals surface area contributed by atoms with E-state index in [4.69, 9.17) is 9.26 Å². The van der Waals surface area contributed by atoms with E-state index in [2.05, 4.69) is 26.4 Å². The van der Waals surface area contributed by atoms with E-state index in [1.807, 2.05) is 58.0 Å². The van der Waals surface area contributed by atoms with E-state index < -0.39 is 53.4 Å². The van der Waals surface area contributed by atoms with Crippen LogP contribution in [0.3, 0.4) is 0 Å². The summed E-state index contributed by atoms with van der Waals surface area (Å²) in [4.78, 5) is 67.2. The SMILES string of the molecule is Cc1cc(C(=O)N[C@H](C(=O)N[C@@H](CC(C)C)C(=O)N[C@@H](Cc2ccccc2)C(=O)N[C@@H](CC(C)C)C(=O)[C@@]2(C)CO2)C2CC2)no1. The molecule has 250 valence electrons. The molecular weight excluding hydrogens is 590 g/mol. The predicted molar refractivity (Wildman–Crippen MR) is 169 cm³/mol. The Morgan fingerprint density at radius 2 is 1.41 bits per heavy atom. The first-order chi connectivity index (χ1) is 21.8. The van der Waals surface area contributed by atoms with E-state index >= 15 is 0 Å². The van der Waals surface area contributed by atoms with Crippen LogP contribution in [0.4, 0.5) is 0 Å². The lowest BCUT2D eigenvalue weighted by molar-refractivity contribution is -0.134. The molecule has 12 nitrogen and oxygen atoms in total. The molecule has 1 aliphatic carbocycles. The molecule has 1 saturated carbocycles. The fourth-order valence-electron chi connectivity index (χ4n) is 5.41. The van der Waals surface area contributed by atoms with Crippen molar-refractivity contribution in [2.45, 2.75) is 103 Å². The number of nitrogens with one attached hydrogen (secondary N) is 4. The zero-order valence-corrected chi connectivity index (χ0v) is 27.6. The average Bonchev–Trinajstić information content (AvgIpc) is 3.93. The molecule has 2 fully saturated rings. The van der Waals surface area contributed by atoms with Crippen LogP contribution in [-0.4, -0.2) is 70.9 Å². The molecule has 4 rings (SSSR count). The number of aromatic nitrogens is 1. The number of amides is 4. The van der Waals surface area contributed by atoms with Gasteiger partial charge >= 0.3 is 0 Å². The van der Waals surface area contributed by atoms with Crippen molar-refractivity contribution in [2.75, 3.05) is 6.61 Å². The van der Waals surface area contributed by atoms with Gasteiger partial charge in [-0.25, -0.2) is 0 Å². The fraction of sp³-hybridized carbons (Fsp3) is 0.588. The Hall–Kier alpha value is -4.06. The topological polar surface area (TPSA) is 172 Å². The second kappa shape index (κ2) is 15.0. The van der Waals surface area contributed by atoms with Gasteiger partial charge in [0, 0.05) is 12.5 Å². The van der Waals surface area contributed by atoms with Crippen LogP contribution < -0.4 is 21.3 Å². The standard InChI is InChI=1S/C34H47N5O7/c1-19(2)14-24(29(40)34(6)18-45-34)35-31(42)26(17-22-10-8-7-9-11-22)36-30(41)25(15-20(3)4)37-33(44)28(23-12-13-23)38-32(43)27-16-21(5)46-39-27/h7-11,16,19-20,23-26,28H,12-15,17-18H2,1-6H3,(H,35,42)(H,36,41)(H,37,44)(H,38,43)/t24-,25-,26-,28-,34+/m0/s1. The molecule has 0 spiro atoms. The number of ketones is 1. The molecule has 1 aliphatic heterocycles. The first-order valence-electron chi connectivity index (χ1n) is 16.1. The number of hydrogen-bond acceptors (Lipinski definition) is 8. The molecule has 2 aliphatic rings. The number of rotatable bonds is 17. The van der Waals surface area contributed by atoms with Crippen LogP contribution in [0, 0.1) is 24.7 Å². The number of carbonyl (C=O) groups excluding carboxylic acids is 5. The molecule has 1 aromatic carbocycles. The van der Waals surface area contributed by atoms with Crippen LogP contribution in [0.15, 0.2) is 40.9 Å². The minimum absolute atomic E-state index is 0.0249. The highest BCUT2D eigenvalue weighted by atomic mass is 16.6. The highest BCUT2D eigenvalue weighted by Crippen LogP contribution is 2.33. The minimum atomic E-state index is -1.02. The summed E-state index contributed by atoms with van der Waals surface area (Å²) in [5, 5.41) is 15.1. The molecule has 0 unspecified atom stereocenters. The lowest BCUT2D eigenvalue weighted by Gasteiger charge is -2.28. The minimum Gasteiger partial charge on any atom is -0.361 e. The number of benzene rings is 1. The van der Waals surface area contributed by atoms with Crippen molar-refractivity contribution in [1.82, 2.24) is 26.4 Å². The van der Waals surface area contributed by atoms with Crippen LogP contribution in [0.5, 0.6) is 0 Å². The van der Waals surface area contributed by atoms with Gasteiger partial charge in [-0.2, -0.15) is 0 Å². The first kappa shape index (κ1) is 34.8. The molecule has 0 bridgehead atoms. The highest BCUT2D eigenvalue weighted by molar-refractivity contribution is 5.99. The van der Waals surface area contributed by atoms with E-state index in [9.17, 15) is 24.0 Å². The van der Waals surface area contributed by atoms with Crippen molar-refractivity contribution < 1.29 is 33.2 Å². The molecule has 4 amide bonds. The van der Waals surface area contributed by atoms with Crippen molar-refractivity contribution in [3.63, 3.8) is 0 Å². The van der Waals surface area contributed by atoms with Gasteiger partial charge in [0.05, 0.1) is 12.6 Å². The quantitative estimate of drug-likeness (QED) is 0.192. The van der Waals surface area contributed by atoms with Gasteiger partial charge in [-0.1, -0.05) is 63.2 Å². The fourth-order valence-corrected chi connectivity index (χ4v) is 5.41. The van der Waals surface area contributed by atoms with Crippen LogP contribution in [-0.2, 0) is 30.3 Å². The van der Waals surface area contributed by atoms with Crippen molar-refractivity contribution in [1.29, 1.82) is 0 Å². The number of ether oxygens (including phenoxy) is 1. The van der Waals surface area contributed by atoms with Crippen molar-refractivity contribution in [3.8, 4) is 0 Å². The van der Waals surface area contributed by atoms with Crippen molar-refractivity contribution in [3.05, 3.63) is 53.4 Å². The summed E-state index contributed by atoms with van der Waals surface area (Å²) in [5.74, 6) is -1.70. The summed E-state index contributed by atoms with van der Waals surface area (Å²) in [6, 6.07) is 7.11. The molecule has 1 saturated heterocycles. The Bertz CT molecular complexity index is 1400. The van der Waals surface area contributed by atoms with Crippen molar-refractivity contribution in [2.24, 2.45) is 17.8 Å². The van der Waals surface area contributed by atoms with Crippen molar-refractivity contribution >= 4 is 29.4 Å². The van der Waals surface area contributed by atoms with E-state index in [0.717, 1.165) is 18.4 Å². The molecule has 5 atom stereocenters. The van der Waals surface area contributed by atoms with Crippen LogP contribution in [0.25, 0.3) is 0 Å². The maximum Gasteiger partial charge on any atom is 0.274 e. The Kier molecular flexibility index (Phi) is 11.4. The second-order valence-corrected chi connectivity index (χ2v) is 13.6. The van der Waals surface area contributed by atoms with Gasteiger partial charge in [-0.3, -0.25) is 24.0 Å². The highest BCUT2D eigenvalue weighted by Gasteiger charge is 2.50. The summed E-state index contributed by atoms with van der Waals surface area (Å²) in [6.07, 6.45) is 2.42. The molecule has 0 radical (unpaired) electrons. The summed E-state index contributed by atoms with van der Waals surface area (Å²) in [7, 11) is 0. The zero-order valence-electron chi connectivity index (χ0n) is 27.6. The first-order valence-corrected chi connectivity index (χ1v) is 16.1. The molecule has 46 heavy (non-hydrogen) atoms. The van der Waals surface area contributed by atoms with E-state index in [0.29, 0.717) is 25.2 Å². The van der Waals surface area contributed by atoms with E-state index in [1.165, 1.54) is 6.07 Å². The number of nitrogens with zero attached hydrogens (tertiary/aromatic N) is 1. The number of carbonyl (C=O) groups is 5. The summed E-state index contributed by atoms with van der Waals surface area (Å²) in [5.41, 5.74) is -0.0348. The largest absolute Gasteiger partial charge is 0.361 e. The molecular formula is C34H47N5O7. The maximum absolute atomic E-state index is 13.8. The average molecular weight is 638 g/mol. The Balaban J connectivity index is 1.50. The molecule has 1 aromatic heterocycles. The third kappa shape index (κ3) is 9.72. The van der Waals surface area contributed by atoms with Crippen LogP contribution in [0.1, 0.15) is 82.1 Å². The number of hydrogen-bond donors (Lipinski definition) is 4. The van der Waals surface area contributed by atoms with Gasteiger partial charge in [-0.15, -0.1) is 0 Å². The molecule has 2 aromatic rings. The Morgan fingerprint density at radius 1 is 0.848 bits per heavy atom. The number of aryl methyl sites for hydroxylation is 1. The summed E-state index contributed by atoms with van der Waals surface area (Å²) < 4.78 is 10.4. The van der Waals surface area contributed by atoms with Crippen LogP contribution >= 0.6 is 0 Å². The van der Waals surface area contributed by atoms with Gasteiger partial charge < -0.3 is 30.5 Å². The zero-order chi connectivity index (χ0) is 33.6. The van der Waals surface area contributed by atoms with Crippen LogP contribution in [0.2, 0.25) is 0 Å². The Morgan fingerprint density at radius 3 is 1.96 bits per heavy atom. The monoisotopic (exact) mass is 637 g/mol. The maximum atomic E-state index is 13.8. The van der Waals surface area contributed by atoms with Gasteiger partial charge in [-0.05, 0) is 62.8 Å². The molecule has 2 heterocycles. The van der Waals surface area contributed by atoms with Gasteiger partial charge in [0.2, 0.25) is 17.7 Å². The summed E-state index contributed by atoms with van der Waals surface area (Å²) >= 11 is 0. The smallest absolute Gasteiger partial charge is 0.274 e. The third-order valence-corrected chi connectivity index (χ3v) is 8.22. The summed E-state index contributed by atoms with van der Waals surface area (Å²) in [6.45, 7) is 11.5. The number of Topliss-reactive ketones (excluding diaryl/α,β-unsaturated/α-hetero) is 1. The predicted octanol–water partition coefficient (Wildman–Crippen LogP) is 2.64. The normalized spacial score (nSPS) is 19.9.